The van der Waals surface area contributed by atoms with E-state index in [1.54, 1.807) is 0 Å². The normalized spacial score (nSPS) is 12.3. The maximum Gasteiger partial charge on any atom is 0.174 e. The van der Waals surface area contributed by atoms with Gasteiger partial charge in [-0.1, -0.05) is 97.1 Å². The monoisotopic (exact) mass is 635 g/mol. The molecular formula is C42H25N3O2S. The SMILES string of the molecule is c1cc(-c2nc(-c3cccc4ccccc34)ns2)cc(N2c3ccccc3Oc3cc(-c4ccc5c(c4)oc4ccccc45)ccc32)c1. The second-order valence-corrected chi connectivity index (χ2v) is 12.6. The molecule has 0 N–H and O–H groups in total. The summed E-state index contributed by atoms with van der Waals surface area (Å²) in [5.41, 5.74) is 8.90. The van der Waals surface area contributed by atoms with Crippen molar-refractivity contribution in [3.05, 3.63) is 152 Å². The molecule has 0 aliphatic carbocycles. The highest BCUT2D eigenvalue weighted by atomic mass is 32.1. The Morgan fingerprint density at radius 2 is 1.27 bits per heavy atom. The van der Waals surface area contributed by atoms with Gasteiger partial charge in [0.2, 0.25) is 0 Å². The van der Waals surface area contributed by atoms with E-state index in [9.17, 15) is 0 Å². The zero-order valence-corrected chi connectivity index (χ0v) is 26.3. The standard InChI is InChI=1S/C42H25N3O2S/c1-2-13-31-26(9-1)10-8-15-34(31)41-43-42(48-44-41)29-11-7-12-30(23-29)45-35-16-4-6-18-38(35)47-40-25-28(20-22-36(40)45)27-19-21-33-32-14-3-5-17-37(32)46-39(33)24-27/h1-25H. The van der Waals surface area contributed by atoms with Crippen LogP contribution in [0.25, 0.3) is 65.8 Å². The first-order valence-corrected chi connectivity index (χ1v) is 16.6. The smallest absolute Gasteiger partial charge is 0.174 e. The van der Waals surface area contributed by atoms with Gasteiger partial charge in [0.15, 0.2) is 17.3 Å². The number of nitrogens with zero attached hydrogens (tertiary/aromatic N) is 3. The highest BCUT2D eigenvalue weighted by molar-refractivity contribution is 7.09. The van der Waals surface area contributed by atoms with Crippen LogP contribution in [0.1, 0.15) is 0 Å². The summed E-state index contributed by atoms with van der Waals surface area (Å²) in [5.74, 6) is 2.33. The molecule has 1 aliphatic heterocycles. The van der Waals surface area contributed by atoms with Crippen molar-refractivity contribution in [3.8, 4) is 44.6 Å². The van der Waals surface area contributed by atoms with Crippen LogP contribution in [-0.4, -0.2) is 9.36 Å². The fourth-order valence-corrected chi connectivity index (χ4v) is 7.44. The van der Waals surface area contributed by atoms with Crippen LogP contribution in [0.4, 0.5) is 17.1 Å². The van der Waals surface area contributed by atoms with Gasteiger partial charge in [-0.05, 0) is 88.0 Å². The number of benzene rings is 7. The molecule has 0 radical (unpaired) electrons. The van der Waals surface area contributed by atoms with Gasteiger partial charge in [-0.25, -0.2) is 4.98 Å². The summed E-state index contributed by atoms with van der Waals surface area (Å²) in [7, 11) is 0. The van der Waals surface area contributed by atoms with E-state index < -0.39 is 0 Å². The number of hydrogen-bond donors (Lipinski definition) is 0. The number of furan rings is 1. The van der Waals surface area contributed by atoms with Gasteiger partial charge in [0.1, 0.15) is 16.2 Å². The Hall–Kier alpha value is -6.24. The van der Waals surface area contributed by atoms with Gasteiger partial charge in [-0.2, -0.15) is 4.37 Å². The molecule has 0 unspecified atom stereocenters. The first kappa shape index (κ1) is 26.9. The minimum Gasteiger partial charge on any atom is -0.456 e. The fourth-order valence-electron chi connectivity index (χ4n) is 6.77. The Bertz CT molecular complexity index is 2690. The molecule has 10 rings (SSSR count). The Balaban J connectivity index is 1.04. The molecule has 0 spiro atoms. The summed E-state index contributed by atoms with van der Waals surface area (Å²) in [5, 5.41) is 5.44. The Morgan fingerprint density at radius 3 is 2.25 bits per heavy atom. The summed E-state index contributed by atoms with van der Waals surface area (Å²) >= 11 is 1.42. The maximum absolute atomic E-state index is 6.54. The molecule has 0 amide bonds. The van der Waals surface area contributed by atoms with E-state index in [4.69, 9.17) is 18.5 Å². The number of hydrogen-bond acceptors (Lipinski definition) is 6. The average molecular weight is 636 g/mol. The third kappa shape index (κ3) is 4.31. The zero-order chi connectivity index (χ0) is 31.6. The van der Waals surface area contributed by atoms with Crippen LogP contribution in [0.5, 0.6) is 11.5 Å². The molecule has 226 valence electrons. The van der Waals surface area contributed by atoms with Gasteiger partial charge in [-0.15, -0.1) is 0 Å². The molecule has 0 bridgehead atoms. The lowest BCUT2D eigenvalue weighted by molar-refractivity contribution is 0.477. The lowest BCUT2D eigenvalue weighted by atomic mass is 10.0. The fraction of sp³-hybridized carbons (Fsp3) is 0. The second kappa shape index (κ2) is 10.7. The Kier molecular flexibility index (Phi) is 5.98. The van der Waals surface area contributed by atoms with Crippen molar-refractivity contribution < 1.29 is 9.15 Å². The quantitative estimate of drug-likeness (QED) is 0.193. The number of anilines is 3. The number of rotatable bonds is 4. The highest BCUT2D eigenvalue weighted by Crippen LogP contribution is 2.51. The van der Waals surface area contributed by atoms with Crippen LogP contribution < -0.4 is 9.64 Å². The Morgan fingerprint density at radius 1 is 0.521 bits per heavy atom. The number of fused-ring (bicyclic) bond motifs is 6. The lowest BCUT2D eigenvalue weighted by Gasteiger charge is -2.33. The molecule has 9 aromatic rings. The minimum atomic E-state index is 0.743. The van der Waals surface area contributed by atoms with Gasteiger partial charge in [0.05, 0.1) is 11.4 Å². The summed E-state index contributed by atoms with van der Waals surface area (Å²) in [6.45, 7) is 0. The van der Waals surface area contributed by atoms with Gasteiger partial charge in [-0.3, -0.25) is 0 Å². The molecule has 48 heavy (non-hydrogen) atoms. The first-order valence-electron chi connectivity index (χ1n) is 15.8. The molecule has 3 heterocycles. The van der Waals surface area contributed by atoms with Crippen molar-refractivity contribution in [2.75, 3.05) is 4.90 Å². The van der Waals surface area contributed by atoms with Gasteiger partial charge in [0, 0.05) is 27.6 Å². The molecule has 0 saturated carbocycles. The number of aromatic nitrogens is 2. The maximum atomic E-state index is 6.54. The molecule has 0 fully saturated rings. The number of para-hydroxylation sites is 3. The molecule has 0 atom stereocenters. The van der Waals surface area contributed by atoms with Crippen LogP contribution in [0, 0.1) is 0 Å². The van der Waals surface area contributed by atoms with Crippen LogP contribution in [0.15, 0.2) is 156 Å². The van der Waals surface area contributed by atoms with E-state index in [0.717, 1.165) is 89.0 Å². The topological polar surface area (TPSA) is 51.4 Å². The van der Waals surface area contributed by atoms with E-state index >= 15 is 0 Å². The van der Waals surface area contributed by atoms with Gasteiger partial charge >= 0.3 is 0 Å². The predicted octanol–water partition coefficient (Wildman–Crippen LogP) is 12.2. The molecule has 7 aromatic carbocycles. The summed E-state index contributed by atoms with van der Waals surface area (Å²) in [6.07, 6.45) is 0. The predicted molar refractivity (Wildman–Crippen MR) is 196 cm³/mol. The lowest BCUT2D eigenvalue weighted by Crippen LogP contribution is -2.15. The van der Waals surface area contributed by atoms with E-state index in [2.05, 4.69) is 120 Å². The summed E-state index contributed by atoms with van der Waals surface area (Å²) in [6, 6.07) is 52.3. The van der Waals surface area contributed by atoms with E-state index in [1.165, 1.54) is 16.9 Å². The van der Waals surface area contributed by atoms with Crippen molar-refractivity contribution in [2.45, 2.75) is 0 Å². The molecule has 1 aliphatic rings. The second-order valence-electron chi connectivity index (χ2n) is 11.9. The van der Waals surface area contributed by atoms with Crippen molar-refractivity contribution in [2.24, 2.45) is 0 Å². The van der Waals surface area contributed by atoms with Gasteiger partial charge in [0.25, 0.3) is 0 Å². The molecule has 5 nitrogen and oxygen atoms in total. The van der Waals surface area contributed by atoms with Crippen molar-refractivity contribution in [1.29, 1.82) is 0 Å². The molecule has 6 heteroatoms. The number of ether oxygens (including phenoxy) is 1. The molecule has 2 aromatic heterocycles. The minimum absolute atomic E-state index is 0.743. The van der Waals surface area contributed by atoms with Crippen molar-refractivity contribution in [1.82, 2.24) is 9.36 Å². The van der Waals surface area contributed by atoms with Crippen molar-refractivity contribution >= 4 is 61.3 Å². The van der Waals surface area contributed by atoms with Crippen LogP contribution in [0.2, 0.25) is 0 Å². The highest BCUT2D eigenvalue weighted by Gasteiger charge is 2.27. The van der Waals surface area contributed by atoms with E-state index in [0.29, 0.717) is 0 Å². The van der Waals surface area contributed by atoms with Gasteiger partial charge < -0.3 is 14.1 Å². The third-order valence-corrected chi connectivity index (χ3v) is 9.81. The van der Waals surface area contributed by atoms with E-state index in [1.807, 2.05) is 36.4 Å². The average Bonchev–Trinajstić information content (AvgIpc) is 3.79. The zero-order valence-electron chi connectivity index (χ0n) is 25.5. The van der Waals surface area contributed by atoms with Crippen molar-refractivity contribution in [3.63, 3.8) is 0 Å². The summed E-state index contributed by atoms with van der Waals surface area (Å²) < 4.78 is 17.5. The summed E-state index contributed by atoms with van der Waals surface area (Å²) in [4.78, 5) is 7.27. The third-order valence-electron chi connectivity index (χ3n) is 9.05. The Labute approximate surface area is 280 Å². The van der Waals surface area contributed by atoms with Crippen LogP contribution in [-0.2, 0) is 0 Å². The molecule has 0 saturated heterocycles. The largest absolute Gasteiger partial charge is 0.456 e. The van der Waals surface area contributed by atoms with E-state index in [-0.39, 0.29) is 0 Å². The first-order chi connectivity index (χ1) is 23.8. The molecular weight excluding hydrogens is 611 g/mol. The van der Waals surface area contributed by atoms with Crippen LogP contribution in [0.3, 0.4) is 0 Å². The van der Waals surface area contributed by atoms with Crippen LogP contribution >= 0.6 is 11.5 Å².